The highest BCUT2D eigenvalue weighted by atomic mass is 79.9. The summed E-state index contributed by atoms with van der Waals surface area (Å²) in [7, 11) is 0. The first-order chi connectivity index (χ1) is 8.40. The number of esters is 1. The topological polar surface area (TPSA) is 59.3 Å². The molecule has 96 valence electrons. The zero-order valence-corrected chi connectivity index (χ0v) is 13.3. The van der Waals surface area contributed by atoms with E-state index in [9.17, 15) is 4.79 Å². The number of nitriles is 1. The van der Waals surface area contributed by atoms with Crippen molar-refractivity contribution in [3.63, 3.8) is 0 Å². The zero-order chi connectivity index (χ0) is 13.9. The Labute approximate surface area is 122 Å². The molecule has 0 amide bonds. The van der Waals surface area contributed by atoms with Crippen molar-refractivity contribution < 1.29 is 14.3 Å². The van der Waals surface area contributed by atoms with Gasteiger partial charge in [-0.05, 0) is 45.7 Å². The highest BCUT2D eigenvalue weighted by Crippen LogP contribution is 2.39. The fraction of sp³-hybridized carbons (Fsp3) is 0.333. The van der Waals surface area contributed by atoms with Gasteiger partial charge in [-0.1, -0.05) is 0 Å². The maximum Gasteiger partial charge on any atom is 0.302 e. The second-order valence-electron chi connectivity index (χ2n) is 3.66. The molecule has 6 heteroatoms. The first-order valence-electron chi connectivity index (χ1n) is 5.06. The first kappa shape index (κ1) is 15.0. The summed E-state index contributed by atoms with van der Waals surface area (Å²) in [5.41, 5.74) is 2.39. The van der Waals surface area contributed by atoms with Gasteiger partial charge in [0.05, 0.1) is 0 Å². The third kappa shape index (κ3) is 3.03. The molecule has 0 radical (unpaired) electrons. The van der Waals surface area contributed by atoms with E-state index in [1.165, 1.54) is 6.92 Å². The van der Waals surface area contributed by atoms with E-state index in [0.717, 1.165) is 25.6 Å². The van der Waals surface area contributed by atoms with Crippen molar-refractivity contribution in [2.24, 2.45) is 0 Å². The lowest BCUT2D eigenvalue weighted by molar-refractivity contribution is -0.142. The molecule has 1 rings (SSSR count). The van der Waals surface area contributed by atoms with Gasteiger partial charge in [0, 0.05) is 32.6 Å². The molecule has 0 heterocycles. The standard InChI is InChI=1S/C12H11Br2NO3/c1-6-10(13)9(4-17-8(3)16)11(14)7(2)12(6)18-5-15/h4H2,1-3H3. The predicted octanol–water partition coefficient (Wildman–Crippen LogP) is 3.75. The molecule has 0 aliphatic rings. The minimum Gasteiger partial charge on any atom is -0.461 e. The smallest absolute Gasteiger partial charge is 0.302 e. The van der Waals surface area contributed by atoms with Gasteiger partial charge in [-0.2, -0.15) is 0 Å². The van der Waals surface area contributed by atoms with Crippen LogP contribution in [0.2, 0.25) is 0 Å². The molecular weight excluding hydrogens is 366 g/mol. The lowest BCUT2D eigenvalue weighted by Crippen LogP contribution is -2.04. The Hall–Kier alpha value is -1.06. The molecule has 0 aliphatic carbocycles. The van der Waals surface area contributed by atoms with E-state index in [4.69, 9.17) is 14.7 Å². The maximum absolute atomic E-state index is 10.9. The second-order valence-corrected chi connectivity index (χ2v) is 5.25. The predicted molar refractivity (Wildman–Crippen MR) is 73.0 cm³/mol. The summed E-state index contributed by atoms with van der Waals surface area (Å²) in [6.45, 7) is 5.17. The summed E-state index contributed by atoms with van der Waals surface area (Å²) in [6, 6.07) is 0. The number of carbonyl (C=O) groups is 1. The number of benzene rings is 1. The van der Waals surface area contributed by atoms with E-state index in [-0.39, 0.29) is 12.6 Å². The Morgan fingerprint density at radius 1 is 1.28 bits per heavy atom. The van der Waals surface area contributed by atoms with Crippen LogP contribution in [0.15, 0.2) is 8.95 Å². The van der Waals surface area contributed by atoms with Crippen LogP contribution >= 0.6 is 31.9 Å². The van der Waals surface area contributed by atoms with Crippen molar-refractivity contribution in [3.8, 4) is 12.0 Å². The van der Waals surface area contributed by atoms with Crippen LogP contribution in [0.4, 0.5) is 0 Å². The normalized spacial score (nSPS) is 9.78. The molecule has 0 aromatic heterocycles. The molecule has 0 unspecified atom stereocenters. The van der Waals surface area contributed by atoms with Gasteiger partial charge in [0.1, 0.15) is 12.4 Å². The van der Waals surface area contributed by atoms with Crippen molar-refractivity contribution in [1.82, 2.24) is 0 Å². The number of rotatable bonds is 3. The van der Waals surface area contributed by atoms with Gasteiger partial charge in [-0.15, -0.1) is 5.26 Å². The first-order valence-corrected chi connectivity index (χ1v) is 6.65. The summed E-state index contributed by atoms with van der Waals surface area (Å²) in [5.74, 6) is 0.157. The molecule has 4 nitrogen and oxygen atoms in total. The van der Waals surface area contributed by atoms with Crippen LogP contribution < -0.4 is 4.74 Å². The highest BCUT2D eigenvalue weighted by molar-refractivity contribution is 9.11. The average Bonchev–Trinajstić information content (AvgIpc) is 2.32. The van der Waals surface area contributed by atoms with Crippen LogP contribution in [0.3, 0.4) is 0 Å². The molecule has 0 bridgehead atoms. The van der Waals surface area contributed by atoms with Gasteiger partial charge in [0.25, 0.3) is 6.26 Å². The summed E-state index contributed by atoms with van der Waals surface area (Å²) in [6.07, 6.45) is 1.66. The molecule has 0 N–H and O–H groups in total. The average molecular weight is 377 g/mol. The van der Waals surface area contributed by atoms with Crippen LogP contribution in [-0.2, 0) is 16.1 Å². The van der Waals surface area contributed by atoms with Gasteiger partial charge in [-0.25, -0.2) is 0 Å². The maximum atomic E-state index is 10.9. The van der Waals surface area contributed by atoms with Crippen molar-refractivity contribution in [2.75, 3.05) is 0 Å². The Balaban J connectivity index is 3.30. The highest BCUT2D eigenvalue weighted by Gasteiger charge is 2.18. The number of hydrogen-bond donors (Lipinski definition) is 0. The molecule has 0 saturated carbocycles. The monoisotopic (exact) mass is 375 g/mol. The van der Waals surface area contributed by atoms with Crippen molar-refractivity contribution in [3.05, 3.63) is 25.6 Å². The van der Waals surface area contributed by atoms with E-state index in [2.05, 4.69) is 31.9 Å². The third-order valence-electron chi connectivity index (χ3n) is 2.44. The summed E-state index contributed by atoms with van der Waals surface area (Å²) in [4.78, 5) is 10.9. The number of carbonyl (C=O) groups excluding carboxylic acids is 1. The molecule has 0 fully saturated rings. The SMILES string of the molecule is CC(=O)OCc1c(Br)c(C)c(OC#N)c(C)c1Br. The Morgan fingerprint density at radius 3 is 2.17 bits per heavy atom. The minimum absolute atomic E-state index is 0.158. The molecular formula is C12H11Br2NO3. The number of halogens is 2. The van der Waals surface area contributed by atoms with Crippen molar-refractivity contribution in [2.45, 2.75) is 27.4 Å². The van der Waals surface area contributed by atoms with Gasteiger partial charge in [0.15, 0.2) is 0 Å². The molecule has 18 heavy (non-hydrogen) atoms. The Morgan fingerprint density at radius 2 is 1.78 bits per heavy atom. The van der Waals surface area contributed by atoms with Crippen LogP contribution in [0.1, 0.15) is 23.6 Å². The van der Waals surface area contributed by atoms with E-state index in [1.54, 1.807) is 6.26 Å². The molecule has 0 aliphatic heterocycles. The van der Waals surface area contributed by atoms with E-state index in [0.29, 0.717) is 5.75 Å². The number of ether oxygens (including phenoxy) is 2. The Bertz CT molecular complexity index is 506. The van der Waals surface area contributed by atoms with Crippen molar-refractivity contribution in [1.29, 1.82) is 5.26 Å². The van der Waals surface area contributed by atoms with Crippen molar-refractivity contribution >= 4 is 37.8 Å². The summed E-state index contributed by atoms with van der Waals surface area (Å²) < 4.78 is 11.5. The number of hydrogen-bond acceptors (Lipinski definition) is 4. The molecule has 1 aromatic carbocycles. The fourth-order valence-electron chi connectivity index (χ4n) is 1.53. The molecule has 1 aromatic rings. The molecule has 0 saturated heterocycles. The van der Waals surface area contributed by atoms with Gasteiger partial charge < -0.3 is 9.47 Å². The minimum atomic E-state index is -0.346. The largest absolute Gasteiger partial charge is 0.461 e. The third-order valence-corrected chi connectivity index (χ3v) is 4.58. The van der Waals surface area contributed by atoms with E-state index < -0.39 is 0 Å². The van der Waals surface area contributed by atoms with Crippen LogP contribution in [0.5, 0.6) is 5.75 Å². The molecule has 0 atom stereocenters. The van der Waals surface area contributed by atoms with E-state index in [1.807, 2.05) is 13.8 Å². The second kappa shape index (κ2) is 6.21. The molecule has 0 spiro atoms. The van der Waals surface area contributed by atoms with Crippen LogP contribution in [0.25, 0.3) is 0 Å². The fourth-order valence-corrected chi connectivity index (χ4v) is 2.78. The summed E-state index contributed by atoms with van der Waals surface area (Å²) >= 11 is 6.85. The summed E-state index contributed by atoms with van der Waals surface area (Å²) in [5, 5.41) is 8.62. The van der Waals surface area contributed by atoms with E-state index >= 15 is 0 Å². The Kier molecular flexibility index (Phi) is 5.17. The number of nitrogens with zero attached hydrogens (tertiary/aromatic N) is 1. The van der Waals surface area contributed by atoms with Crippen LogP contribution in [0, 0.1) is 25.4 Å². The van der Waals surface area contributed by atoms with Crippen LogP contribution in [-0.4, -0.2) is 5.97 Å². The van der Waals surface area contributed by atoms with Gasteiger partial charge >= 0.3 is 5.97 Å². The quantitative estimate of drug-likeness (QED) is 0.595. The van der Waals surface area contributed by atoms with Gasteiger partial charge in [-0.3, -0.25) is 4.79 Å². The van der Waals surface area contributed by atoms with Gasteiger partial charge in [0.2, 0.25) is 0 Å². The lowest BCUT2D eigenvalue weighted by atomic mass is 10.1. The zero-order valence-electron chi connectivity index (χ0n) is 10.1. The lowest BCUT2D eigenvalue weighted by Gasteiger charge is -2.16.